The maximum Gasteiger partial charge on any atom is 0.225 e. The number of piperidine rings is 1. The molecule has 0 radical (unpaired) electrons. The van der Waals surface area contributed by atoms with Crippen LogP contribution in [0.25, 0.3) is 0 Å². The molecule has 1 aliphatic rings. The van der Waals surface area contributed by atoms with Crippen molar-refractivity contribution in [3.8, 4) is 0 Å². The maximum absolute atomic E-state index is 12.2. The van der Waals surface area contributed by atoms with Gasteiger partial charge in [-0.1, -0.05) is 0 Å². The largest absolute Gasteiger partial charge is 0.345 e. The highest BCUT2D eigenvalue weighted by molar-refractivity contribution is 5.78. The molecule has 18 heavy (non-hydrogen) atoms. The van der Waals surface area contributed by atoms with E-state index in [-0.39, 0.29) is 5.92 Å². The number of likely N-dealkylation sites (N-methyl/N-ethyl adjacent to an activating group) is 1. The molecule has 0 atom stereocenters. The molecule has 0 aromatic carbocycles. The predicted molar refractivity (Wildman–Crippen MR) is 71.2 cm³/mol. The Hall–Kier alpha value is -1.42. The molecular formula is C14H21N3O. The first-order valence-corrected chi connectivity index (χ1v) is 6.62. The number of pyridine rings is 1. The van der Waals surface area contributed by atoms with Gasteiger partial charge in [0.05, 0.1) is 0 Å². The topological polar surface area (TPSA) is 45.2 Å². The monoisotopic (exact) mass is 247 g/mol. The van der Waals surface area contributed by atoms with Gasteiger partial charge < -0.3 is 10.2 Å². The molecule has 0 spiro atoms. The van der Waals surface area contributed by atoms with Crippen LogP contribution in [0.1, 0.15) is 18.4 Å². The van der Waals surface area contributed by atoms with Gasteiger partial charge in [0.25, 0.3) is 0 Å². The third-order valence-electron chi connectivity index (χ3n) is 3.55. The highest BCUT2D eigenvalue weighted by Gasteiger charge is 2.23. The Labute approximate surface area is 108 Å². The lowest BCUT2D eigenvalue weighted by Crippen LogP contribution is -2.39. The van der Waals surface area contributed by atoms with Crippen molar-refractivity contribution in [3.05, 3.63) is 30.1 Å². The second kappa shape index (κ2) is 6.50. The molecule has 1 aliphatic heterocycles. The molecular weight excluding hydrogens is 226 g/mol. The minimum Gasteiger partial charge on any atom is -0.345 e. The quantitative estimate of drug-likeness (QED) is 0.866. The van der Waals surface area contributed by atoms with Crippen LogP contribution in [0.2, 0.25) is 0 Å². The molecule has 0 saturated carbocycles. The van der Waals surface area contributed by atoms with Crippen molar-refractivity contribution >= 4 is 5.91 Å². The number of nitrogens with one attached hydrogen (secondary N) is 1. The highest BCUT2D eigenvalue weighted by atomic mass is 16.2. The normalized spacial score (nSPS) is 16.5. The number of carbonyl (C=O) groups is 1. The van der Waals surface area contributed by atoms with E-state index in [0.717, 1.165) is 38.9 Å². The first-order chi connectivity index (χ1) is 8.77. The second-order valence-electron chi connectivity index (χ2n) is 4.89. The van der Waals surface area contributed by atoms with E-state index in [2.05, 4.69) is 10.3 Å². The number of amides is 1. The average molecular weight is 247 g/mol. The first kappa shape index (κ1) is 13.0. The first-order valence-electron chi connectivity index (χ1n) is 6.62. The van der Waals surface area contributed by atoms with E-state index in [1.807, 2.05) is 24.1 Å². The Morgan fingerprint density at radius 1 is 1.39 bits per heavy atom. The van der Waals surface area contributed by atoms with Crippen LogP contribution in [0, 0.1) is 5.92 Å². The number of nitrogens with zero attached hydrogens (tertiary/aromatic N) is 2. The van der Waals surface area contributed by atoms with E-state index < -0.39 is 0 Å². The summed E-state index contributed by atoms with van der Waals surface area (Å²) in [6, 6.07) is 4.01. The van der Waals surface area contributed by atoms with E-state index in [1.165, 1.54) is 5.56 Å². The molecule has 1 N–H and O–H groups in total. The number of hydrogen-bond acceptors (Lipinski definition) is 3. The van der Waals surface area contributed by atoms with Crippen molar-refractivity contribution in [2.75, 3.05) is 26.7 Å². The van der Waals surface area contributed by atoms with Gasteiger partial charge in [-0.3, -0.25) is 9.78 Å². The summed E-state index contributed by atoms with van der Waals surface area (Å²) < 4.78 is 0. The summed E-state index contributed by atoms with van der Waals surface area (Å²) in [5.74, 6) is 0.513. The summed E-state index contributed by atoms with van der Waals surface area (Å²) in [4.78, 5) is 18.1. The highest BCUT2D eigenvalue weighted by Crippen LogP contribution is 2.14. The number of hydrogen-bond donors (Lipinski definition) is 1. The molecule has 1 saturated heterocycles. The van der Waals surface area contributed by atoms with Gasteiger partial charge in [-0.25, -0.2) is 0 Å². The Morgan fingerprint density at radius 3 is 2.72 bits per heavy atom. The fraction of sp³-hybridized carbons (Fsp3) is 0.571. The van der Waals surface area contributed by atoms with Gasteiger partial charge in [-0.2, -0.15) is 0 Å². The minimum atomic E-state index is 0.216. The zero-order chi connectivity index (χ0) is 12.8. The molecule has 2 heterocycles. The van der Waals surface area contributed by atoms with E-state index in [9.17, 15) is 4.79 Å². The molecule has 0 aliphatic carbocycles. The zero-order valence-corrected chi connectivity index (χ0v) is 10.9. The third kappa shape index (κ3) is 3.53. The van der Waals surface area contributed by atoms with Gasteiger partial charge in [-0.15, -0.1) is 0 Å². The fourth-order valence-electron chi connectivity index (χ4n) is 2.34. The van der Waals surface area contributed by atoms with Crippen LogP contribution in [-0.2, 0) is 11.2 Å². The van der Waals surface area contributed by atoms with Gasteiger partial charge in [0.15, 0.2) is 0 Å². The Bertz CT molecular complexity index is 374. The van der Waals surface area contributed by atoms with Gasteiger partial charge in [0.1, 0.15) is 0 Å². The van der Waals surface area contributed by atoms with Crippen molar-refractivity contribution in [3.63, 3.8) is 0 Å². The molecule has 1 amide bonds. The zero-order valence-electron chi connectivity index (χ0n) is 10.9. The Morgan fingerprint density at radius 2 is 2.06 bits per heavy atom. The summed E-state index contributed by atoms with van der Waals surface area (Å²) >= 11 is 0. The van der Waals surface area contributed by atoms with Crippen molar-refractivity contribution in [2.24, 2.45) is 5.92 Å². The van der Waals surface area contributed by atoms with Gasteiger partial charge in [0.2, 0.25) is 5.91 Å². The van der Waals surface area contributed by atoms with Crippen molar-refractivity contribution in [1.82, 2.24) is 15.2 Å². The van der Waals surface area contributed by atoms with Crippen molar-refractivity contribution in [2.45, 2.75) is 19.3 Å². The van der Waals surface area contributed by atoms with Crippen LogP contribution >= 0.6 is 0 Å². The predicted octanol–water partition coefficient (Wildman–Crippen LogP) is 1.08. The van der Waals surface area contributed by atoms with Crippen LogP contribution in [-0.4, -0.2) is 42.5 Å². The molecule has 0 unspecified atom stereocenters. The van der Waals surface area contributed by atoms with E-state index >= 15 is 0 Å². The molecule has 4 nitrogen and oxygen atoms in total. The number of aromatic nitrogens is 1. The van der Waals surface area contributed by atoms with Crippen LogP contribution in [0.5, 0.6) is 0 Å². The van der Waals surface area contributed by atoms with Crippen LogP contribution in [0.4, 0.5) is 0 Å². The average Bonchev–Trinajstić information content (AvgIpc) is 2.46. The van der Waals surface area contributed by atoms with Crippen molar-refractivity contribution < 1.29 is 4.79 Å². The summed E-state index contributed by atoms with van der Waals surface area (Å²) in [5, 5.41) is 3.29. The van der Waals surface area contributed by atoms with E-state index in [4.69, 9.17) is 0 Å². The number of carbonyl (C=O) groups excluding carboxylic acids is 1. The van der Waals surface area contributed by atoms with Gasteiger partial charge >= 0.3 is 0 Å². The summed E-state index contributed by atoms with van der Waals surface area (Å²) in [6.07, 6.45) is 6.43. The standard InChI is InChI=1S/C14H21N3O/c1-17(11-6-12-2-7-15-8-3-12)14(18)13-4-9-16-10-5-13/h2-3,7-8,13,16H,4-6,9-11H2,1H3. The SMILES string of the molecule is CN(CCc1ccncc1)C(=O)C1CCNCC1. The van der Waals surface area contributed by atoms with Crippen LogP contribution in [0.3, 0.4) is 0 Å². The van der Waals surface area contributed by atoms with Gasteiger partial charge in [-0.05, 0) is 50.0 Å². The smallest absolute Gasteiger partial charge is 0.225 e. The second-order valence-corrected chi connectivity index (χ2v) is 4.89. The molecule has 0 bridgehead atoms. The van der Waals surface area contributed by atoms with E-state index in [1.54, 1.807) is 12.4 Å². The summed E-state index contributed by atoms with van der Waals surface area (Å²) in [7, 11) is 1.91. The van der Waals surface area contributed by atoms with Crippen LogP contribution in [0.15, 0.2) is 24.5 Å². The molecule has 2 rings (SSSR count). The lowest BCUT2D eigenvalue weighted by atomic mass is 9.96. The summed E-state index contributed by atoms with van der Waals surface area (Å²) in [6.45, 7) is 2.72. The lowest BCUT2D eigenvalue weighted by Gasteiger charge is -2.27. The van der Waals surface area contributed by atoms with Crippen LogP contribution < -0.4 is 5.32 Å². The lowest BCUT2D eigenvalue weighted by molar-refractivity contribution is -0.134. The van der Waals surface area contributed by atoms with Gasteiger partial charge in [0, 0.05) is 31.9 Å². The minimum absolute atomic E-state index is 0.216. The maximum atomic E-state index is 12.2. The third-order valence-corrected chi connectivity index (χ3v) is 3.55. The Balaban J connectivity index is 1.80. The molecule has 98 valence electrons. The molecule has 1 fully saturated rings. The molecule has 1 aromatic heterocycles. The Kier molecular flexibility index (Phi) is 4.70. The van der Waals surface area contributed by atoms with E-state index in [0.29, 0.717) is 5.91 Å². The fourth-order valence-corrected chi connectivity index (χ4v) is 2.34. The summed E-state index contributed by atoms with van der Waals surface area (Å²) in [5.41, 5.74) is 1.23. The number of rotatable bonds is 4. The molecule has 4 heteroatoms. The van der Waals surface area contributed by atoms with Crippen molar-refractivity contribution in [1.29, 1.82) is 0 Å². The molecule has 1 aromatic rings.